The van der Waals surface area contributed by atoms with Crippen molar-refractivity contribution >= 4 is 11.8 Å². The lowest BCUT2D eigenvalue weighted by Crippen LogP contribution is -2.25. The average molecular weight is 251 g/mol. The molecule has 0 radical (unpaired) electrons. The number of ether oxygens (including phenoxy) is 1. The lowest BCUT2D eigenvalue weighted by Gasteiger charge is -2.24. The van der Waals surface area contributed by atoms with Crippen molar-refractivity contribution in [3.8, 4) is 5.75 Å². The molecule has 1 N–H and O–H groups in total. The van der Waals surface area contributed by atoms with Crippen LogP contribution in [0.5, 0.6) is 5.75 Å². The summed E-state index contributed by atoms with van der Waals surface area (Å²) < 4.78 is 5.26. The van der Waals surface area contributed by atoms with Gasteiger partial charge in [0.25, 0.3) is 0 Å². The zero-order chi connectivity index (χ0) is 12.3. The van der Waals surface area contributed by atoms with Crippen LogP contribution in [0.25, 0.3) is 0 Å². The van der Waals surface area contributed by atoms with Gasteiger partial charge in [-0.1, -0.05) is 6.07 Å². The Balaban J connectivity index is 2.23. The van der Waals surface area contributed by atoms with Gasteiger partial charge in [-0.05, 0) is 61.1 Å². The molecule has 0 aromatic heterocycles. The molecule has 0 bridgehead atoms. The van der Waals surface area contributed by atoms with Crippen LogP contribution in [0.1, 0.15) is 23.6 Å². The number of nitrogens with one attached hydrogen (secondary N) is 1. The Morgan fingerprint density at radius 2 is 2.29 bits per heavy atom. The van der Waals surface area contributed by atoms with Gasteiger partial charge in [-0.2, -0.15) is 11.8 Å². The molecular formula is C14H21NOS. The van der Waals surface area contributed by atoms with Gasteiger partial charge in [-0.3, -0.25) is 0 Å². The van der Waals surface area contributed by atoms with Gasteiger partial charge in [0, 0.05) is 6.04 Å². The second-order valence-corrected chi connectivity index (χ2v) is 5.76. The largest absolute Gasteiger partial charge is 0.497 e. The summed E-state index contributed by atoms with van der Waals surface area (Å²) in [5.41, 5.74) is 2.74. The Morgan fingerprint density at radius 1 is 1.47 bits per heavy atom. The zero-order valence-electron chi connectivity index (χ0n) is 10.8. The Hall–Kier alpha value is -0.670. The quantitative estimate of drug-likeness (QED) is 0.889. The monoisotopic (exact) mass is 251 g/mol. The van der Waals surface area contributed by atoms with Crippen LogP contribution < -0.4 is 10.1 Å². The van der Waals surface area contributed by atoms with E-state index in [9.17, 15) is 0 Å². The molecule has 2 atom stereocenters. The van der Waals surface area contributed by atoms with Gasteiger partial charge in [0.2, 0.25) is 0 Å². The molecule has 2 rings (SSSR count). The molecule has 1 aliphatic heterocycles. The minimum Gasteiger partial charge on any atom is -0.497 e. The molecule has 0 amide bonds. The fraction of sp³-hybridized carbons (Fsp3) is 0.571. The summed E-state index contributed by atoms with van der Waals surface area (Å²) in [4.78, 5) is 0. The molecular weight excluding hydrogens is 230 g/mol. The lowest BCUT2D eigenvalue weighted by atomic mass is 9.90. The smallest absolute Gasteiger partial charge is 0.119 e. The number of aryl methyl sites for hydroxylation is 1. The zero-order valence-corrected chi connectivity index (χ0v) is 11.6. The van der Waals surface area contributed by atoms with Crippen LogP contribution >= 0.6 is 11.8 Å². The van der Waals surface area contributed by atoms with Crippen molar-refractivity contribution in [3.05, 3.63) is 29.3 Å². The second kappa shape index (κ2) is 5.78. The molecule has 2 unspecified atom stereocenters. The minimum absolute atomic E-state index is 0.482. The summed E-state index contributed by atoms with van der Waals surface area (Å²) in [7, 11) is 3.79. The number of hydrogen-bond donors (Lipinski definition) is 1. The maximum absolute atomic E-state index is 5.26. The second-order valence-electron chi connectivity index (χ2n) is 4.61. The Labute approximate surface area is 108 Å². The molecule has 94 valence electrons. The summed E-state index contributed by atoms with van der Waals surface area (Å²) in [6.07, 6.45) is 1.32. The molecule has 1 aliphatic rings. The fourth-order valence-corrected chi connectivity index (χ4v) is 3.88. The minimum atomic E-state index is 0.482. The van der Waals surface area contributed by atoms with Crippen molar-refractivity contribution in [2.24, 2.45) is 5.92 Å². The molecule has 17 heavy (non-hydrogen) atoms. The average Bonchev–Trinajstić information content (AvgIpc) is 2.85. The summed E-state index contributed by atoms with van der Waals surface area (Å²) in [5, 5.41) is 3.48. The van der Waals surface area contributed by atoms with Crippen molar-refractivity contribution in [2.75, 3.05) is 25.7 Å². The van der Waals surface area contributed by atoms with Crippen molar-refractivity contribution in [3.63, 3.8) is 0 Å². The van der Waals surface area contributed by atoms with Crippen molar-refractivity contribution < 1.29 is 4.74 Å². The molecule has 2 nitrogen and oxygen atoms in total. The summed E-state index contributed by atoms with van der Waals surface area (Å²) >= 11 is 2.07. The van der Waals surface area contributed by atoms with Crippen LogP contribution in [0.2, 0.25) is 0 Å². The van der Waals surface area contributed by atoms with Crippen LogP contribution in [0.4, 0.5) is 0 Å². The fourth-order valence-electron chi connectivity index (χ4n) is 2.58. The predicted molar refractivity (Wildman–Crippen MR) is 75.0 cm³/mol. The predicted octanol–water partition coefficient (Wildman–Crippen LogP) is 3.02. The molecule has 0 saturated carbocycles. The Bertz CT molecular complexity index is 374. The highest BCUT2D eigenvalue weighted by molar-refractivity contribution is 7.99. The van der Waals surface area contributed by atoms with Crippen molar-refractivity contribution in [1.82, 2.24) is 5.32 Å². The van der Waals surface area contributed by atoms with Gasteiger partial charge in [0.15, 0.2) is 0 Å². The summed E-state index contributed by atoms with van der Waals surface area (Å²) in [6, 6.07) is 6.88. The normalized spacial score (nSPS) is 21.5. The Kier molecular flexibility index (Phi) is 4.35. The van der Waals surface area contributed by atoms with Gasteiger partial charge in [-0.25, -0.2) is 0 Å². The Morgan fingerprint density at radius 3 is 2.82 bits per heavy atom. The van der Waals surface area contributed by atoms with E-state index in [1.165, 1.54) is 29.1 Å². The van der Waals surface area contributed by atoms with E-state index >= 15 is 0 Å². The first kappa shape index (κ1) is 12.8. The molecule has 1 fully saturated rings. The van der Waals surface area contributed by atoms with E-state index in [1.54, 1.807) is 7.11 Å². The number of rotatable bonds is 4. The summed E-state index contributed by atoms with van der Waals surface area (Å²) in [5.74, 6) is 4.29. The number of hydrogen-bond acceptors (Lipinski definition) is 3. The van der Waals surface area contributed by atoms with Gasteiger partial charge in [0.05, 0.1) is 7.11 Å². The van der Waals surface area contributed by atoms with Gasteiger partial charge in [-0.15, -0.1) is 0 Å². The number of methoxy groups -OCH3 is 1. The maximum Gasteiger partial charge on any atom is 0.119 e. The molecule has 3 heteroatoms. The third kappa shape index (κ3) is 2.78. The third-order valence-electron chi connectivity index (χ3n) is 3.56. The van der Waals surface area contributed by atoms with E-state index in [1.807, 2.05) is 0 Å². The lowest BCUT2D eigenvalue weighted by molar-refractivity contribution is 0.407. The van der Waals surface area contributed by atoms with Gasteiger partial charge >= 0.3 is 0 Å². The molecule has 0 aliphatic carbocycles. The standard InChI is InChI=1S/C14H21NOS/c1-10-8-12(16-3)4-5-13(10)14(15-2)11-6-7-17-9-11/h4-5,8,11,14-15H,6-7,9H2,1-3H3. The first-order valence-electron chi connectivity index (χ1n) is 6.15. The highest BCUT2D eigenvalue weighted by atomic mass is 32.2. The summed E-state index contributed by atoms with van der Waals surface area (Å²) in [6.45, 7) is 2.17. The maximum atomic E-state index is 5.26. The van der Waals surface area contributed by atoms with Crippen molar-refractivity contribution in [1.29, 1.82) is 0 Å². The van der Waals surface area contributed by atoms with Gasteiger partial charge in [0.1, 0.15) is 5.75 Å². The topological polar surface area (TPSA) is 21.3 Å². The highest BCUT2D eigenvalue weighted by Gasteiger charge is 2.26. The van der Waals surface area contributed by atoms with Crippen LogP contribution in [-0.2, 0) is 0 Å². The van der Waals surface area contributed by atoms with Crippen LogP contribution in [0.3, 0.4) is 0 Å². The van der Waals surface area contributed by atoms with Crippen LogP contribution in [0.15, 0.2) is 18.2 Å². The van der Waals surface area contributed by atoms with Crippen LogP contribution in [0, 0.1) is 12.8 Å². The first-order valence-corrected chi connectivity index (χ1v) is 7.31. The van der Waals surface area contributed by atoms with E-state index in [0.29, 0.717) is 6.04 Å². The SMILES string of the molecule is CNC(c1ccc(OC)cc1C)C1CCSC1. The number of benzene rings is 1. The van der Waals surface area contributed by atoms with E-state index in [0.717, 1.165) is 11.7 Å². The van der Waals surface area contributed by atoms with E-state index in [-0.39, 0.29) is 0 Å². The van der Waals surface area contributed by atoms with E-state index < -0.39 is 0 Å². The molecule has 1 aromatic rings. The van der Waals surface area contributed by atoms with E-state index in [2.05, 4.69) is 49.2 Å². The highest BCUT2D eigenvalue weighted by Crippen LogP contribution is 2.35. The number of thioether (sulfide) groups is 1. The molecule has 1 aromatic carbocycles. The molecule has 1 heterocycles. The van der Waals surface area contributed by atoms with E-state index in [4.69, 9.17) is 4.74 Å². The molecule has 0 spiro atoms. The third-order valence-corrected chi connectivity index (χ3v) is 4.75. The van der Waals surface area contributed by atoms with Gasteiger partial charge < -0.3 is 10.1 Å². The van der Waals surface area contributed by atoms with Crippen LogP contribution in [-0.4, -0.2) is 25.7 Å². The first-order chi connectivity index (χ1) is 8.26. The van der Waals surface area contributed by atoms with Crippen molar-refractivity contribution in [2.45, 2.75) is 19.4 Å². The molecule has 1 saturated heterocycles.